The molecule has 3 nitrogen and oxygen atoms in total. The Kier molecular flexibility index (Phi) is 4.89. The molecule has 0 saturated heterocycles. The van der Waals surface area contributed by atoms with Crippen LogP contribution in [0.4, 0.5) is 0 Å². The number of hydrogen-bond acceptors (Lipinski definition) is 2. The first-order valence-electron chi connectivity index (χ1n) is 10.4. The first kappa shape index (κ1) is 19.3. The number of aromatic nitrogens is 2. The zero-order valence-corrected chi connectivity index (χ0v) is 17.3. The third-order valence-electron chi connectivity index (χ3n) is 5.86. The van der Waals surface area contributed by atoms with Crippen LogP contribution in [0.25, 0.3) is 10.9 Å². The van der Waals surface area contributed by atoms with Crippen molar-refractivity contribution in [3.05, 3.63) is 144 Å². The molecule has 0 fully saturated rings. The maximum Gasteiger partial charge on any atom is 0.138 e. The molecule has 151 valence electrons. The molecule has 1 heterocycles. The van der Waals surface area contributed by atoms with Gasteiger partial charge in [0.1, 0.15) is 11.6 Å². The lowest BCUT2D eigenvalue weighted by Gasteiger charge is -2.36. The zero-order chi connectivity index (χ0) is 21.3. The molecule has 31 heavy (non-hydrogen) atoms. The molecule has 0 atom stereocenters. The maximum atomic E-state index is 10.3. The topological polar surface area (TPSA) is 38.1 Å². The second-order valence-electron chi connectivity index (χ2n) is 7.71. The second kappa shape index (κ2) is 7.86. The van der Waals surface area contributed by atoms with Crippen LogP contribution >= 0.6 is 0 Å². The van der Waals surface area contributed by atoms with Gasteiger partial charge in [-0.25, -0.2) is 0 Å². The maximum absolute atomic E-state index is 10.3. The van der Waals surface area contributed by atoms with E-state index in [-0.39, 0.29) is 6.10 Å². The molecule has 5 rings (SSSR count). The van der Waals surface area contributed by atoms with Gasteiger partial charge in [0, 0.05) is 11.6 Å². The molecule has 1 aromatic heterocycles. The third-order valence-corrected chi connectivity index (χ3v) is 5.86. The summed E-state index contributed by atoms with van der Waals surface area (Å²) in [5, 5.41) is 16.2. The average Bonchev–Trinajstić information content (AvgIpc) is 3.26. The van der Waals surface area contributed by atoms with Crippen molar-refractivity contribution in [3.63, 3.8) is 0 Å². The summed E-state index contributed by atoms with van der Waals surface area (Å²) in [5.74, 6) is 0. The van der Waals surface area contributed by atoms with E-state index in [0.717, 1.165) is 33.2 Å². The number of hydrogen-bond donors (Lipinski definition) is 1. The Bertz CT molecular complexity index is 1200. The lowest BCUT2D eigenvalue weighted by Crippen LogP contribution is -2.38. The number of fused-ring (bicyclic) bond motifs is 1. The lowest BCUT2D eigenvalue weighted by molar-refractivity contribution is 0.342. The summed E-state index contributed by atoms with van der Waals surface area (Å²) < 4.78 is 2.05. The Hall–Kier alpha value is -3.69. The van der Waals surface area contributed by atoms with Gasteiger partial charge in [-0.3, -0.25) is 4.68 Å². The highest BCUT2D eigenvalue weighted by atomic mass is 16.3. The number of aliphatic hydroxyl groups is 1. The molecule has 1 N–H and O–H groups in total. The van der Waals surface area contributed by atoms with Crippen molar-refractivity contribution < 1.29 is 5.11 Å². The molecular formula is C28H23N2O. The molecule has 0 bridgehead atoms. The van der Waals surface area contributed by atoms with E-state index < -0.39 is 5.54 Å². The molecule has 0 aliphatic heterocycles. The van der Waals surface area contributed by atoms with Crippen LogP contribution in [0.3, 0.4) is 0 Å². The normalized spacial score (nSPS) is 11.8. The van der Waals surface area contributed by atoms with Gasteiger partial charge in [0.15, 0.2) is 0 Å². The van der Waals surface area contributed by atoms with Crippen LogP contribution in [0, 0.1) is 6.10 Å². The van der Waals surface area contributed by atoms with E-state index in [0.29, 0.717) is 0 Å². The molecule has 5 aromatic rings. The largest absolute Gasteiger partial charge is 0.382 e. The summed E-state index contributed by atoms with van der Waals surface area (Å²) in [4.78, 5) is 0. The van der Waals surface area contributed by atoms with Crippen molar-refractivity contribution in [2.75, 3.05) is 0 Å². The van der Waals surface area contributed by atoms with Crippen LogP contribution in [0.1, 0.15) is 29.2 Å². The summed E-state index contributed by atoms with van der Waals surface area (Å²) in [6, 6.07) is 37.2. The molecule has 0 amide bonds. The predicted molar refractivity (Wildman–Crippen MR) is 124 cm³/mol. The molecule has 3 heteroatoms. The molecular weight excluding hydrogens is 380 g/mol. The van der Waals surface area contributed by atoms with Crippen LogP contribution in [0.15, 0.2) is 115 Å². The van der Waals surface area contributed by atoms with Crippen molar-refractivity contribution >= 4 is 10.9 Å². The number of rotatable bonds is 5. The van der Waals surface area contributed by atoms with Gasteiger partial charge in [0.2, 0.25) is 0 Å². The lowest BCUT2D eigenvalue weighted by atomic mass is 9.77. The second-order valence-corrected chi connectivity index (χ2v) is 7.71. The van der Waals surface area contributed by atoms with E-state index >= 15 is 0 Å². The van der Waals surface area contributed by atoms with Crippen LogP contribution in [-0.2, 0) is 5.54 Å². The summed E-state index contributed by atoms with van der Waals surface area (Å²) in [7, 11) is 0. The Morgan fingerprint density at radius 3 is 1.61 bits per heavy atom. The molecule has 0 aliphatic rings. The van der Waals surface area contributed by atoms with Crippen LogP contribution in [-0.4, -0.2) is 14.9 Å². The summed E-state index contributed by atoms with van der Waals surface area (Å²) in [6.07, 6.45) is 2.34. The molecule has 0 aliphatic carbocycles. The Morgan fingerprint density at radius 2 is 1.16 bits per heavy atom. The van der Waals surface area contributed by atoms with Gasteiger partial charge in [-0.2, -0.15) is 5.10 Å². The van der Waals surface area contributed by atoms with Crippen LogP contribution in [0.5, 0.6) is 0 Å². The van der Waals surface area contributed by atoms with Gasteiger partial charge in [-0.05, 0) is 35.2 Å². The van der Waals surface area contributed by atoms with Crippen molar-refractivity contribution in [1.29, 1.82) is 0 Å². The highest BCUT2D eigenvalue weighted by Crippen LogP contribution is 2.41. The summed E-state index contributed by atoms with van der Waals surface area (Å²) in [5.41, 5.74) is 4.33. The van der Waals surface area contributed by atoms with Gasteiger partial charge in [-0.1, -0.05) is 103 Å². The fourth-order valence-electron chi connectivity index (χ4n) is 4.47. The Balaban J connectivity index is 1.91. The number of aliphatic hydroxyl groups excluding tert-OH is 1. The van der Waals surface area contributed by atoms with E-state index in [2.05, 4.69) is 79.0 Å². The minimum Gasteiger partial charge on any atom is -0.382 e. The van der Waals surface area contributed by atoms with E-state index in [4.69, 9.17) is 5.10 Å². The highest BCUT2D eigenvalue weighted by molar-refractivity contribution is 5.83. The van der Waals surface area contributed by atoms with Gasteiger partial charge in [-0.15, -0.1) is 0 Å². The summed E-state index contributed by atoms with van der Waals surface area (Å²) >= 11 is 0. The smallest absolute Gasteiger partial charge is 0.138 e. The minimum atomic E-state index is -0.663. The van der Waals surface area contributed by atoms with Crippen molar-refractivity contribution in [1.82, 2.24) is 9.78 Å². The quantitative estimate of drug-likeness (QED) is 0.358. The summed E-state index contributed by atoms with van der Waals surface area (Å²) in [6.45, 7) is 1.71. The highest BCUT2D eigenvalue weighted by Gasteiger charge is 2.39. The molecule has 0 saturated carbocycles. The van der Waals surface area contributed by atoms with Gasteiger partial charge < -0.3 is 5.11 Å². The Labute approximate surface area is 182 Å². The first-order valence-corrected chi connectivity index (χ1v) is 10.4. The SMILES string of the molecule is C[C](O)c1cccc2nn(C(c3ccccc3)(c3ccccc3)c3ccccc3)cc12. The average molecular weight is 404 g/mol. The number of benzene rings is 4. The van der Waals surface area contributed by atoms with Crippen LogP contribution < -0.4 is 0 Å². The standard InChI is InChI=1S/C28H23N2O/c1-21(31)25-18-11-19-27-26(25)20-30(29-27)28(22-12-5-2-6-13-22,23-14-7-3-8-15-23)24-16-9-4-10-17-24/h2-20,31H,1H3. The van der Waals surface area contributed by atoms with E-state index in [1.54, 1.807) is 6.92 Å². The van der Waals surface area contributed by atoms with Crippen LogP contribution in [0.2, 0.25) is 0 Å². The third kappa shape index (κ3) is 3.15. The van der Waals surface area contributed by atoms with Crippen molar-refractivity contribution in [2.24, 2.45) is 0 Å². The fraction of sp³-hybridized carbons (Fsp3) is 0.0714. The fourth-order valence-corrected chi connectivity index (χ4v) is 4.47. The predicted octanol–water partition coefficient (Wildman–Crippen LogP) is 6.15. The van der Waals surface area contributed by atoms with E-state index in [1.165, 1.54) is 0 Å². The van der Waals surface area contributed by atoms with E-state index in [9.17, 15) is 5.11 Å². The van der Waals surface area contributed by atoms with Gasteiger partial charge in [0.25, 0.3) is 0 Å². The van der Waals surface area contributed by atoms with Crippen molar-refractivity contribution in [3.8, 4) is 0 Å². The van der Waals surface area contributed by atoms with Gasteiger partial charge >= 0.3 is 0 Å². The van der Waals surface area contributed by atoms with Crippen molar-refractivity contribution in [2.45, 2.75) is 12.5 Å². The minimum absolute atomic E-state index is 0.287. The molecule has 0 unspecified atom stereocenters. The Morgan fingerprint density at radius 1 is 0.677 bits per heavy atom. The van der Waals surface area contributed by atoms with Gasteiger partial charge in [0.05, 0.1) is 5.52 Å². The molecule has 0 spiro atoms. The molecule has 1 radical (unpaired) electrons. The number of nitrogens with zero attached hydrogens (tertiary/aromatic N) is 2. The monoisotopic (exact) mass is 403 g/mol. The first-order chi connectivity index (χ1) is 15.2. The van der Waals surface area contributed by atoms with E-state index in [1.807, 2.05) is 41.1 Å². The zero-order valence-electron chi connectivity index (χ0n) is 17.3. The molecule has 4 aromatic carbocycles.